The van der Waals surface area contributed by atoms with E-state index in [1.165, 1.54) is 32.4 Å². The molecular formula is C21H25F3N4O3S. The Hall–Kier alpha value is -2.89. The van der Waals surface area contributed by atoms with Crippen LogP contribution in [-0.2, 0) is 4.84 Å². The van der Waals surface area contributed by atoms with Crippen molar-refractivity contribution in [3.63, 3.8) is 0 Å². The summed E-state index contributed by atoms with van der Waals surface area (Å²) < 4.78 is 47.1. The first-order valence-electron chi connectivity index (χ1n) is 9.72. The summed E-state index contributed by atoms with van der Waals surface area (Å²) in [5, 5.41) is 2.02. The Kier molecular flexibility index (Phi) is 9.24. The van der Waals surface area contributed by atoms with Gasteiger partial charge >= 0.3 is 6.03 Å². The van der Waals surface area contributed by atoms with Crippen LogP contribution >= 0.6 is 12.2 Å². The lowest BCUT2D eigenvalue weighted by molar-refractivity contribution is -0.0829. The van der Waals surface area contributed by atoms with Gasteiger partial charge < -0.3 is 10.5 Å². The Morgan fingerprint density at radius 1 is 1.25 bits per heavy atom. The van der Waals surface area contributed by atoms with Gasteiger partial charge in [-0.3, -0.25) is 10.3 Å². The van der Waals surface area contributed by atoms with Crippen LogP contribution in [0.2, 0.25) is 0 Å². The molecule has 2 aromatic rings. The normalized spacial score (nSPS) is 14.3. The number of fused-ring (bicyclic) bond motifs is 1. The van der Waals surface area contributed by atoms with Crippen LogP contribution in [0.1, 0.15) is 30.5 Å². The molecule has 0 fully saturated rings. The molecule has 1 aliphatic rings. The maximum Gasteiger partial charge on any atom is 0.362 e. The third-order valence-electron chi connectivity index (χ3n) is 4.44. The second-order valence-corrected chi connectivity index (χ2v) is 7.05. The maximum absolute atomic E-state index is 14.1. The molecule has 0 saturated heterocycles. The number of carbonyl (C=O) groups excluding carboxylic acids is 1. The van der Waals surface area contributed by atoms with E-state index in [1.54, 1.807) is 0 Å². The first kappa shape index (κ1) is 25.4. The fourth-order valence-electron chi connectivity index (χ4n) is 2.95. The minimum atomic E-state index is -0.755. The second kappa shape index (κ2) is 11.7. The Morgan fingerprint density at radius 3 is 2.53 bits per heavy atom. The van der Waals surface area contributed by atoms with E-state index in [0.717, 1.165) is 34.8 Å². The van der Waals surface area contributed by atoms with Gasteiger partial charge in [0, 0.05) is 24.6 Å². The van der Waals surface area contributed by atoms with Gasteiger partial charge in [-0.05, 0) is 42.9 Å². The molecule has 32 heavy (non-hydrogen) atoms. The molecule has 0 spiro atoms. The number of rotatable bonds is 3. The van der Waals surface area contributed by atoms with Gasteiger partial charge in [-0.2, -0.15) is 0 Å². The molecule has 1 atom stereocenters. The first-order chi connectivity index (χ1) is 15.2. The predicted octanol–water partition coefficient (Wildman–Crippen LogP) is 3.69. The number of halogens is 3. The van der Waals surface area contributed by atoms with Crippen LogP contribution in [-0.4, -0.2) is 48.4 Å². The average molecular weight is 471 g/mol. The quantitative estimate of drug-likeness (QED) is 0.526. The van der Waals surface area contributed by atoms with Gasteiger partial charge in [0.25, 0.3) is 0 Å². The third-order valence-corrected chi connectivity index (χ3v) is 4.75. The molecule has 3 rings (SSSR count). The highest BCUT2D eigenvalue weighted by Gasteiger charge is 2.34. The molecular weight excluding hydrogens is 445 g/mol. The van der Waals surface area contributed by atoms with Gasteiger partial charge in [-0.1, -0.05) is 19.1 Å². The zero-order valence-electron chi connectivity index (χ0n) is 17.9. The minimum absolute atomic E-state index is 0.218. The predicted molar refractivity (Wildman–Crippen MR) is 117 cm³/mol. The molecule has 1 unspecified atom stereocenters. The number of nitrogens with one attached hydrogen (secondary N) is 1. The van der Waals surface area contributed by atoms with E-state index in [9.17, 15) is 18.0 Å². The smallest absolute Gasteiger partial charge is 0.362 e. The number of ether oxygens (including phenoxy) is 1. The van der Waals surface area contributed by atoms with Gasteiger partial charge in [-0.25, -0.2) is 28.0 Å². The van der Waals surface area contributed by atoms with Gasteiger partial charge in [0.05, 0.1) is 19.8 Å². The van der Waals surface area contributed by atoms with Gasteiger partial charge in [0.1, 0.15) is 28.2 Å². The molecule has 7 nitrogen and oxygen atoms in total. The minimum Gasteiger partial charge on any atom is -0.493 e. The van der Waals surface area contributed by atoms with Crippen LogP contribution in [0.4, 0.5) is 18.0 Å². The van der Waals surface area contributed by atoms with Crippen LogP contribution in [0, 0.1) is 17.5 Å². The van der Waals surface area contributed by atoms with E-state index < -0.39 is 29.5 Å². The van der Waals surface area contributed by atoms with E-state index >= 15 is 0 Å². The zero-order valence-corrected chi connectivity index (χ0v) is 18.7. The van der Waals surface area contributed by atoms with Crippen LogP contribution < -0.4 is 15.9 Å². The highest BCUT2D eigenvalue weighted by molar-refractivity contribution is 7.80. The van der Waals surface area contributed by atoms with Crippen LogP contribution in [0.25, 0.3) is 0 Å². The van der Waals surface area contributed by atoms with Gasteiger partial charge in [0.15, 0.2) is 0 Å². The molecule has 0 bridgehead atoms. The Bertz CT molecular complexity index is 964. The van der Waals surface area contributed by atoms with Crippen molar-refractivity contribution in [2.24, 2.45) is 5.73 Å². The summed E-state index contributed by atoms with van der Waals surface area (Å²) in [6, 6.07) is 5.40. The number of amides is 2. The van der Waals surface area contributed by atoms with E-state index in [1.807, 2.05) is 6.92 Å². The van der Waals surface area contributed by atoms with Crippen LogP contribution in [0.3, 0.4) is 0 Å². The SMILES string of the molecule is CCN.CON(C)C(=O)N(NC(=S)c1cc(F)ccc1F)C1CCOc2ccc(F)cc21. The van der Waals surface area contributed by atoms with Crippen LogP contribution in [0.5, 0.6) is 5.75 Å². The maximum atomic E-state index is 14.1. The Balaban J connectivity index is 0.00000114. The zero-order chi connectivity index (χ0) is 23.8. The molecule has 11 heteroatoms. The summed E-state index contributed by atoms with van der Waals surface area (Å²) in [4.78, 5) is 17.6. The molecule has 174 valence electrons. The monoisotopic (exact) mass is 470 g/mol. The molecule has 3 N–H and O–H groups in total. The van der Waals surface area contributed by atoms with Gasteiger partial charge in [-0.15, -0.1) is 0 Å². The van der Waals surface area contributed by atoms with Crippen molar-refractivity contribution in [1.29, 1.82) is 0 Å². The van der Waals surface area contributed by atoms with E-state index in [0.29, 0.717) is 17.7 Å². The number of nitrogens with zero attached hydrogens (tertiary/aromatic N) is 2. The highest BCUT2D eigenvalue weighted by atomic mass is 32.1. The molecule has 2 aromatic carbocycles. The lowest BCUT2D eigenvalue weighted by Crippen LogP contribution is -2.53. The topological polar surface area (TPSA) is 80.1 Å². The molecule has 0 radical (unpaired) electrons. The number of hydrazine groups is 1. The summed E-state index contributed by atoms with van der Waals surface area (Å²) in [6.07, 6.45) is 0.307. The van der Waals surface area contributed by atoms with E-state index in [-0.39, 0.29) is 17.2 Å². The van der Waals surface area contributed by atoms with E-state index in [4.69, 9.17) is 27.5 Å². The Labute approximate surface area is 189 Å². The van der Waals surface area contributed by atoms with Crippen molar-refractivity contribution in [3.05, 3.63) is 65.0 Å². The number of thiocarbonyl (C=S) groups is 1. The van der Waals surface area contributed by atoms with Crippen molar-refractivity contribution < 1.29 is 27.5 Å². The summed E-state index contributed by atoms with van der Waals surface area (Å²) >= 11 is 5.20. The number of benzene rings is 2. The highest BCUT2D eigenvalue weighted by Crippen LogP contribution is 2.36. The Morgan fingerprint density at radius 2 is 1.88 bits per heavy atom. The second-order valence-electron chi connectivity index (χ2n) is 6.64. The van der Waals surface area contributed by atoms with Crippen molar-refractivity contribution in [3.8, 4) is 5.75 Å². The lowest BCUT2D eigenvalue weighted by atomic mass is 10.00. The number of hydrogen-bond acceptors (Lipinski definition) is 5. The molecule has 2 amide bonds. The third kappa shape index (κ3) is 6.09. The van der Waals surface area contributed by atoms with Crippen molar-refractivity contribution in [1.82, 2.24) is 15.5 Å². The van der Waals surface area contributed by atoms with E-state index in [2.05, 4.69) is 5.43 Å². The molecule has 0 aromatic heterocycles. The summed E-state index contributed by atoms with van der Waals surface area (Å²) in [7, 11) is 2.66. The summed E-state index contributed by atoms with van der Waals surface area (Å²) in [5.74, 6) is -1.54. The fraction of sp³-hybridized carbons (Fsp3) is 0.333. The average Bonchev–Trinajstić information content (AvgIpc) is 2.78. The van der Waals surface area contributed by atoms with Crippen LogP contribution in [0.15, 0.2) is 36.4 Å². The molecule has 1 heterocycles. The molecule has 1 aliphatic heterocycles. The summed E-state index contributed by atoms with van der Waals surface area (Å²) in [6.45, 7) is 2.91. The number of hydrogen-bond donors (Lipinski definition) is 2. The lowest BCUT2D eigenvalue weighted by Gasteiger charge is -2.37. The molecule has 0 saturated carbocycles. The fourth-order valence-corrected chi connectivity index (χ4v) is 3.20. The summed E-state index contributed by atoms with van der Waals surface area (Å²) in [5.41, 5.74) is 7.69. The number of urea groups is 1. The van der Waals surface area contributed by atoms with Gasteiger partial charge in [0.2, 0.25) is 0 Å². The van der Waals surface area contributed by atoms with Crippen molar-refractivity contribution in [2.75, 3.05) is 27.3 Å². The van der Waals surface area contributed by atoms with Crippen molar-refractivity contribution >= 4 is 23.2 Å². The number of nitrogens with two attached hydrogens (primary N) is 1. The molecule has 0 aliphatic carbocycles. The number of carbonyl (C=O) groups is 1. The number of hydroxylamine groups is 2. The van der Waals surface area contributed by atoms with Crippen molar-refractivity contribution in [2.45, 2.75) is 19.4 Å². The largest absolute Gasteiger partial charge is 0.493 e. The first-order valence-corrected chi connectivity index (χ1v) is 10.1. The standard InChI is InChI=1S/C19H18F3N3O3S.C2H7N/c1-24(27-2)19(26)25(23-18(29)13-9-11(20)3-5-15(13)22)16-7-8-28-17-6-4-12(21)10-14(16)17;1-2-3/h3-6,9-10,16H,7-8H2,1-2H3,(H,23,29);2-3H2,1H3.